The van der Waals surface area contributed by atoms with Crippen molar-refractivity contribution in [1.29, 1.82) is 0 Å². The molecule has 0 amide bonds. The Morgan fingerprint density at radius 2 is 1.47 bits per heavy atom. The van der Waals surface area contributed by atoms with Gasteiger partial charge in [-0.2, -0.15) is 12.2 Å². The first kappa shape index (κ1) is 16.0. The Kier molecular flexibility index (Phi) is 9.10. The van der Waals surface area contributed by atoms with E-state index in [2.05, 4.69) is 55.5 Å². The Labute approximate surface area is 131 Å². The van der Waals surface area contributed by atoms with Crippen LogP contribution >= 0.6 is 0 Å². The van der Waals surface area contributed by atoms with E-state index in [1.807, 2.05) is 30.4 Å². The summed E-state index contributed by atoms with van der Waals surface area (Å²) < 4.78 is 1.46. The summed E-state index contributed by atoms with van der Waals surface area (Å²) in [6, 6.07) is 10.5. The van der Waals surface area contributed by atoms with Crippen molar-refractivity contribution >= 4 is 3.21 Å². The van der Waals surface area contributed by atoms with Gasteiger partial charge in [0.2, 0.25) is 0 Å². The average molecular weight is 326 g/mol. The second kappa shape index (κ2) is 10.8. The molecular formula is C18H18Zr. The molecule has 0 aliphatic heterocycles. The second-order valence-electron chi connectivity index (χ2n) is 4.00. The third-order valence-electron chi connectivity index (χ3n) is 2.38. The van der Waals surface area contributed by atoms with Gasteiger partial charge in [-0.1, -0.05) is 0 Å². The van der Waals surface area contributed by atoms with Gasteiger partial charge >= 0.3 is 70.3 Å². The summed E-state index contributed by atoms with van der Waals surface area (Å²) in [5.74, 6) is 0. The maximum absolute atomic E-state index is 2.99. The molecule has 2 aliphatic carbocycles. The Morgan fingerprint density at radius 3 is 1.68 bits per heavy atom. The van der Waals surface area contributed by atoms with E-state index in [-0.39, 0.29) is 0 Å². The molecule has 0 spiro atoms. The van der Waals surface area contributed by atoms with Crippen LogP contribution in [0.1, 0.15) is 25.3 Å². The summed E-state index contributed by atoms with van der Waals surface area (Å²) in [7, 11) is 0. The first-order valence-corrected chi connectivity index (χ1v) is 7.57. The van der Waals surface area contributed by atoms with Crippen LogP contribution in [-0.2, 0) is 24.2 Å². The Hall–Kier alpha value is -1.07. The Morgan fingerprint density at radius 1 is 0.947 bits per heavy atom. The summed E-state index contributed by atoms with van der Waals surface area (Å²) in [6.45, 7) is 2.16. The van der Waals surface area contributed by atoms with Crippen LogP contribution in [0.15, 0.2) is 66.8 Å². The molecule has 0 heterocycles. The zero-order valence-corrected chi connectivity index (χ0v) is 13.7. The van der Waals surface area contributed by atoms with Crippen LogP contribution in [0.3, 0.4) is 0 Å². The predicted octanol–water partition coefficient (Wildman–Crippen LogP) is 4.39. The van der Waals surface area contributed by atoms with E-state index in [1.54, 1.807) is 0 Å². The third-order valence-corrected chi connectivity index (χ3v) is 3.09. The van der Waals surface area contributed by atoms with Crippen LogP contribution in [0.25, 0.3) is 0 Å². The predicted molar refractivity (Wildman–Crippen MR) is 79.4 cm³/mol. The number of rotatable bonds is 1. The van der Waals surface area contributed by atoms with E-state index < -0.39 is 0 Å². The topological polar surface area (TPSA) is 0 Å². The molecule has 0 aromatic heterocycles. The van der Waals surface area contributed by atoms with Crippen molar-refractivity contribution in [3.05, 3.63) is 84.5 Å². The van der Waals surface area contributed by atoms with E-state index in [0.717, 1.165) is 12.8 Å². The smallest absolute Gasteiger partial charge is 0.109 e. The normalized spacial score (nSPS) is 13.6. The van der Waals surface area contributed by atoms with Crippen molar-refractivity contribution in [2.45, 2.75) is 19.8 Å². The molecule has 0 unspecified atom stereocenters. The van der Waals surface area contributed by atoms with E-state index in [9.17, 15) is 0 Å². The van der Waals surface area contributed by atoms with Gasteiger partial charge in [-0.05, 0) is 0 Å². The zero-order valence-electron chi connectivity index (χ0n) is 11.3. The van der Waals surface area contributed by atoms with Gasteiger partial charge in [0.05, 0.1) is 0 Å². The summed E-state index contributed by atoms with van der Waals surface area (Å²) in [5.41, 5.74) is 1.37. The van der Waals surface area contributed by atoms with Gasteiger partial charge in [0.25, 0.3) is 0 Å². The second-order valence-corrected chi connectivity index (χ2v) is 5.84. The molecule has 2 aliphatic rings. The maximum Gasteiger partial charge on any atom is -0.109 e. The summed E-state index contributed by atoms with van der Waals surface area (Å²) in [6.07, 6.45) is 20.0. The molecule has 0 atom stereocenters. The molecule has 94 valence electrons. The summed E-state index contributed by atoms with van der Waals surface area (Å²) >= 11 is 1.51. The standard InChI is InChI=1S/C8H8.2C5H5.Zr/c1-2-8-6-4-3-5-7-8;2*1-2-4-5-3-1;/h3-7H,1H3;2*1-3H,4H2;/q;2*-1;+2. The van der Waals surface area contributed by atoms with Crippen LogP contribution in [0.4, 0.5) is 0 Å². The molecule has 0 N–H and O–H groups in total. The minimum atomic E-state index is 1.01. The fourth-order valence-corrected chi connectivity index (χ4v) is 1.78. The van der Waals surface area contributed by atoms with Gasteiger partial charge in [0, 0.05) is 0 Å². The number of benzene rings is 1. The molecule has 0 bridgehead atoms. The Bertz CT molecular complexity index is 434. The Balaban J connectivity index is 0.000000153. The molecule has 0 radical (unpaired) electrons. The van der Waals surface area contributed by atoms with Crippen molar-refractivity contribution in [1.82, 2.24) is 0 Å². The van der Waals surface area contributed by atoms with Gasteiger partial charge in [-0.3, -0.25) is 12.2 Å². The van der Waals surface area contributed by atoms with Crippen LogP contribution in [0.2, 0.25) is 0 Å². The molecule has 3 rings (SSSR count). The van der Waals surface area contributed by atoms with Gasteiger partial charge in [0.15, 0.2) is 0 Å². The molecule has 1 aromatic carbocycles. The van der Waals surface area contributed by atoms with Gasteiger partial charge in [-0.15, -0.1) is 12.8 Å². The molecule has 0 nitrogen and oxygen atoms in total. The van der Waals surface area contributed by atoms with Crippen molar-refractivity contribution in [3.8, 4) is 0 Å². The molecule has 0 saturated heterocycles. The van der Waals surface area contributed by atoms with E-state index in [0.29, 0.717) is 0 Å². The van der Waals surface area contributed by atoms with Crippen LogP contribution in [0.5, 0.6) is 0 Å². The number of hydrogen-bond acceptors (Lipinski definition) is 0. The van der Waals surface area contributed by atoms with E-state index >= 15 is 0 Å². The summed E-state index contributed by atoms with van der Waals surface area (Å²) in [5, 5.41) is 0. The fourth-order valence-electron chi connectivity index (χ4n) is 1.37. The van der Waals surface area contributed by atoms with Crippen molar-refractivity contribution in [3.63, 3.8) is 0 Å². The van der Waals surface area contributed by atoms with E-state index in [1.165, 1.54) is 33.0 Å². The minimum absolute atomic E-state index is 1.01. The molecule has 0 fully saturated rings. The van der Waals surface area contributed by atoms with Crippen LogP contribution in [0, 0.1) is 12.2 Å². The number of hydrogen-bond donors (Lipinski definition) is 0. The minimum Gasteiger partial charge on any atom is -0.273 e. The number of allylic oxidation sites excluding steroid dienone is 8. The molecule has 1 heteroatoms. The molecule has 19 heavy (non-hydrogen) atoms. The first-order chi connectivity index (χ1) is 9.30. The largest absolute Gasteiger partial charge is 0.273 e. The molecule has 1 aromatic rings. The van der Waals surface area contributed by atoms with Crippen LogP contribution < -0.4 is 0 Å². The van der Waals surface area contributed by atoms with Crippen molar-refractivity contribution in [2.24, 2.45) is 0 Å². The monoisotopic (exact) mass is 324 g/mol. The SMILES string of the molecule is C[C](=[Zr+2])c1ccccc1.[C-]1=CC=CC1.[C-]1=CC=CC1. The molecular weight excluding hydrogens is 307 g/mol. The summed E-state index contributed by atoms with van der Waals surface area (Å²) in [4.78, 5) is 0. The third kappa shape index (κ3) is 8.62. The van der Waals surface area contributed by atoms with Gasteiger partial charge in [-0.25, -0.2) is 24.3 Å². The van der Waals surface area contributed by atoms with Crippen LogP contribution in [-0.4, -0.2) is 3.21 Å². The zero-order chi connectivity index (χ0) is 13.8. The van der Waals surface area contributed by atoms with Crippen molar-refractivity contribution in [2.75, 3.05) is 0 Å². The average Bonchev–Trinajstić information content (AvgIpc) is 3.18. The van der Waals surface area contributed by atoms with Gasteiger partial charge < -0.3 is 0 Å². The first-order valence-electron chi connectivity index (χ1n) is 6.34. The van der Waals surface area contributed by atoms with E-state index in [4.69, 9.17) is 0 Å². The molecule has 0 saturated carbocycles. The van der Waals surface area contributed by atoms with Crippen molar-refractivity contribution < 1.29 is 24.2 Å². The fraction of sp³-hybridized carbons (Fsp3) is 0.167. The van der Waals surface area contributed by atoms with Gasteiger partial charge in [0.1, 0.15) is 0 Å². The quantitative estimate of drug-likeness (QED) is 0.672. The maximum atomic E-state index is 2.99.